The van der Waals surface area contributed by atoms with Gasteiger partial charge in [0, 0.05) is 12.1 Å². The lowest BCUT2D eigenvalue weighted by Gasteiger charge is -2.08. The number of halogens is 1. The molecule has 1 atom stereocenters. The van der Waals surface area contributed by atoms with Crippen LogP contribution in [0.1, 0.15) is 25.0 Å². The molecule has 0 radical (unpaired) electrons. The van der Waals surface area contributed by atoms with Crippen LogP contribution in [0.5, 0.6) is 0 Å². The van der Waals surface area contributed by atoms with E-state index < -0.39 is 0 Å². The highest BCUT2D eigenvalue weighted by Gasteiger charge is 2.16. The van der Waals surface area contributed by atoms with Gasteiger partial charge in [-0.25, -0.2) is 9.97 Å². The SMILES string of the molecule is Cc1cc(Cl)nc(NC(=O)CCC2CCNC2)n1. The molecule has 2 heterocycles. The second kappa shape index (κ2) is 6.11. The summed E-state index contributed by atoms with van der Waals surface area (Å²) < 4.78 is 0. The van der Waals surface area contributed by atoms with Gasteiger partial charge in [-0.05, 0) is 44.8 Å². The fourth-order valence-electron chi connectivity index (χ4n) is 2.07. The smallest absolute Gasteiger partial charge is 0.231 e. The summed E-state index contributed by atoms with van der Waals surface area (Å²) in [6, 6.07) is 1.65. The predicted molar refractivity (Wildman–Crippen MR) is 70.6 cm³/mol. The lowest BCUT2D eigenvalue weighted by molar-refractivity contribution is -0.116. The van der Waals surface area contributed by atoms with Gasteiger partial charge in [0.05, 0.1) is 0 Å². The second-order valence-electron chi connectivity index (χ2n) is 4.60. The first-order chi connectivity index (χ1) is 8.63. The van der Waals surface area contributed by atoms with E-state index >= 15 is 0 Å². The fraction of sp³-hybridized carbons (Fsp3) is 0.583. The van der Waals surface area contributed by atoms with Gasteiger partial charge in [0.25, 0.3) is 0 Å². The molecule has 0 spiro atoms. The van der Waals surface area contributed by atoms with Crippen LogP contribution in [0.2, 0.25) is 5.15 Å². The third-order valence-corrected chi connectivity index (χ3v) is 3.21. The maximum Gasteiger partial charge on any atom is 0.231 e. The van der Waals surface area contributed by atoms with Gasteiger partial charge >= 0.3 is 0 Å². The Kier molecular flexibility index (Phi) is 4.49. The second-order valence-corrected chi connectivity index (χ2v) is 4.99. The number of carbonyl (C=O) groups is 1. The summed E-state index contributed by atoms with van der Waals surface area (Å²) in [5, 5.41) is 6.31. The molecule has 1 saturated heterocycles. The maximum atomic E-state index is 11.7. The van der Waals surface area contributed by atoms with Crippen molar-refractivity contribution in [2.45, 2.75) is 26.2 Å². The van der Waals surface area contributed by atoms with Crippen molar-refractivity contribution in [1.29, 1.82) is 0 Å². The highest BCUT2D eigenvalue weighted by Crippen LogP contribution is 2.15. The topological polar surface area (TPSA) is 66.9 Å². The molecule has 1 aliphatic heterocycles. The van der Waals surface area contributed by atoms with Gasteiger partial charge in [0.2, 0.25) is 11.9 Å². The van der Waals surface area contributed by atoms with E-state index in [2.05, 4.69) is 20.6 Å². The molecule has 1 fully saturated rings. The van der Waals surface area contributed by atoms with Gasteiger partial charge in [-0.2, -0.15) is 0 Å². The van der Waals surface area contributed by atoms with Gasteiger partial charge in [-0.15, -0.1) is 0 Å². The lowest BCUT2D eigenvalue weighted by Crippen LogP contribution is -2.16. The monoisotopic (exact) mass is 268 g/mol. The van der Waals surface area contributed by atoms with E-state index in [4.69, 9.17) is 11.6 Å². The Morgan fingerprint density at radius 3 is 3.11 bits per heavy atom. The van der Waals surface area contributed by atoms with Crippen LogP contribution in [0.25, 0.3) is 0 Å². The number of hydrogen-bond donors (Lipinski definition) is 2. The highest BCUT2D eigenvalue weighted by molar-refractivity contribution is 6.29. The molecule has 1 aliphatic rings. The van der Waals surface area contributed by atoms with Crippen molar-refractivity contribution in [3.8, 4) is 0 Å². The molecule has 1 aromatic rings. The number of carbonyl (C=O) groups excluding carboxylic acids is 1. The quantitative estimate of drug-likeness (QED) is 0.817. The lowest BCUT2D eigenvalue weighted by atomic mass is 10.0. The average molecular weight is 269 g/mol. The molecule has 0 aromatic carbocycles. The van der Waals surface area contributed by atoms with Crippen LogP contribution >= 0.6 is 11.6 Å². The Hall–Kier alpha value is -1.20. The Bertz CT molecular complexity index is 412. The molecule has 1 aromatic heterocycles. The fourth-order valence-corrected chi connectivity index (χ4v) is 2.31. The van der Waals surface area contributed by atoms with Crippen molar-refractivity contribution in [3.05, 3.63) is 16.9 Å². The van der Waals surface area contributed by atoms with Crippen LogP contribution in [0.3, 0.4) is 0 Å². The summed E-state index contributed by atoms with van der Waals surface area (Å²) in [6.07, 6.45) is 2.56. The van der Waals surface area contributed by atoms with Gasteiger partial charge < -0.3 is 5.32 Å². The molecule has 2 rings (SSSR count). The van der Waals surface area contributed by atoms with E-state index in [1.165, 1.54) is 0 Å². The highest BCUT2D eigenvalue weighted by atomic mass is 35.5. The zero-order valence-corrected chi connectivity index (χ0v) is 11.1. The summed E-state index contributed by atoms with van der Waals surface area (Å²) in [5.41, 5.74) is 0.741. The third kappa shape index (κ3) is 3.92. The minimum absolute atomic E-state index is 0.0523. The first-order valence-electron chi connectivity index (χ1n) is 6.15. The van der Waals surface area contributed by atoms with E-state index in [0.717, 1.165) is 31.6 Å². The standard InChI is InChI=1S/C12H17ClN4O/c1-8-6-10(13)16-12(15-8)17-11(18)3-2-9-4-5-14-7-9/h6,9,14H,2-5,7H2,1H3,(H,15,16,17,18). The van der Waals surface area contributed by atoms with Crippen LogP contribution in [0.4, 0.5) is 5.95 Å². The minimum atomic E-state index is -0.0523. The molecule has 1 unspecified atom stereocenters. The molecular weight excluding hydrogens is 252 g/mol. The van der Waals surface area contributed by atoms with Crippen molar-refractivity contribution < 1.29 is 4.79 Å². The zero-order chi connectivity index (χ0) is 13.0. The summed E-state index contributed by atoms with van der Waals surface area (Å²) in [6.45, 7) is 3.89. The number of aryl methyl sites for hydroxylation is 1. The summed E-state index contributed by atoms with van der Waals surface area (Å²) >= 11 is 5.80. The van der Waals surface area contributed by atoms with Gasteiger partial charge in [0.1, 0.15) is 5.15 Å². The number of aromatic nitrogens is 2. The number of anilines is 1. The predicted octanol–water partition coefficient (Wildman–Crippen LogP) is 1.77. The zero-order valence-electron chi connectivity index (χ0n) is 10.4. The molecule has 0 bridgehead atoms. The van der Waals surface area contributed by atoms with E-state index in [0.29, 0.717) is 17.5 Å². The number of nitrogens with one attached hydrogen (secondary N) is 2. The van der Waals surface area contributed by atoms with Crippen molar-refractivity contribution >= 4 is 23.5 Å². The first-order valence-corrected chi connectivity index (χ1v) is 6.53. The minimum Gasteiger partial charge on any atom is -0.316 e. The first kappa shape index (κ1) is 13.2. The van der Waals surface area contributed by atoms with Crippen molar-refractivity contribution in [2.24, 2.45) is 5.92 Å². The van der Waals surface area contributed by atoms with Crippen LogP contribution < -0.4 is 10.6 Å². The van der Waals surface area contributed by atoms with Crippen LogP contribution in [0.15, 0.2) is 6.07 Å². The van der Waals surface area contributed by atoms with E-state index in [1.807, 2.05) is 6.92 Å². The van der Waals surface area contributed by atoms with E-state index in [9.17, 15) is 4.79 Å². The molecule has 0 aliphatic carbocycles. The van der Waals surface area contributed by atoms with E-state index in [1.54, 1.807) is 6.07 Å². The molecule has 98 valence electrons. The van der Waals surface area contributed by atoms with Crippen LogP contribution in [-0.4, -0.2) is 29.0 Å². The number of nitrogens with zero attached hydrogens (tertiary/aromatic N) is 2. The number of amides is 1. The Morgan fingerprint density at radius 1 is 1.61 bits per heavy atom. The molecule has 0 saturated carbocycles. The summed E-state index contributed by atoms with van der Waals surface area (Å²) in [4.78, 5) is 19.8. The maximum absolute atomic E-state index is 11.7. The van der Waals surface area contributed by atoms with E-state index in [-0.39, 0.29) is 11.9 Å². The molecule has 2 N–H and O–H groups in total. The van der Waals surface area contributed by atoms with Crippen molar-refractivity contribution in [2.75, 3.05) is 18.4 Å². The van der Waals surface area contributed by atoms with Crippen molar-refractivity contribution in [1.82, 2.24) is 15.3 Å². The molecule has 1 amide bonds. The third-order valence-electron chi connectivity index (χ3n) is 3.02. The molecule has 18 heavy (non-hydrogen) atoms. The number of hydrogen-bond acceptors (Lipinski definition) is 4. The number of rotatable bonds is 4. The van der Waals surface area contributed by atoms with Crippen LogP contribution in [0, 0.1) is 12.8 Å². The van der Waals surface area contributed by atoms with Gasteiger partial charge in [-0.1, -0.05) is 11.6 Å². The molecule has 6 heteroatoms. The van der Waals surface area contributed by atoms with Crippen molar-refractivity contribution in [3.63, 3.8) is 0 Å². The Morgan fingerprint density at radius 2 is 2.44 bits per heavy atom. The Labute approximate surface area is 111 Å². The van der Waals surface area contributed by atoms with Gasteiger partial charge in [-0.3, -0.25) is 10.1 Å². The van der Waals surface area contributed by atoms with Gasteiger partial charge in [0.15, 0.2) is 0 Å². The molecule has 5 nitrogen and oxygen atoms in total. The van der Waals surface area contributed by atoms with Crippen LogP contribution in [-0.2, 0) is 4.79 Å². The average Bonchev–Trinajstić information content (AvgIpc) is 2.77. The largest absolute Gasteiger partial charge is 0.316 e. The summed E-state index contributed by atoms with van der Waals surface area (Å²) in [5.74, 6) is 0.843. The summed E-state index contributed by atoms with van der Waals surface area (Å²) in [7, 11) is 0. The molecular formula is C12H17ClN4O. The Balaban J connectivity index is 1.82. The normalized spacial score (nSPS) is 18.9.